The molecule has 6 heteroatoms. The number of nitrogens with two attached hydrogens (primary N) is 1. The predicted octanol–water partition coefficient (Wildman–Crippen LogP) is 2.24. The zero-order chi connectivity index (χ0) is 13.0. The SMILES string of the molecule is CCCOCC(=O)Nc1nc2ccc(N)cc2s1. The van der Waals surface area contributed by atoms with Gasteiger partial charge in [-0.25, -0.2) is 4.98 Å². The van der Waals surface area contributed by atoms with Crippen LogP contribution in [0, 0.1) is 0 Å². The Labute approximate surface area is 109 Å². The molecule has 2 aromatic rings. The van der Waals surface area contributed by atoms with Crippen LogP contribution in [0.4, 0.5) is 10.8 Å². The number of hydrogen-bond acceptors (Lipinski definition) is 5. The van der Waals surface area contributed by atoms with Crippen molar-refractivity contribution in [1.29, 1.82) is 0 Å². The van der Waals surface area contributed by atoms with Crippen LogP contribution in [-0.2, 0) is 9.53 Å². The number of nitrogens with zero attached hydrogens (tertiary/aromatic N) is 1. The molecule has 0 aliphatic rings. The van der Waals surface area contributed by atoms with Crippen molar-refractivity contribution in [3.05, 3.63) is 18.2 Å². The summed E-state index contributed by atoms with van der Waals surface area (Å²) < 4.78 is 6.11. The highest BCUT2D eigenvalue weighted by Gasteiger charge is 2.07. The van der Waals surface area contributed by atoms with Crippen LogP contribution < -0.4 is 11.1 Å². The Bertz CT molecular complexity index is 553. The molecule has 3 N–H and O–H groups in total. The Balaban J connectivity index is 2.01. The summed E-state index contributed by atoms with van der Waals surface area (Å²) in [6.07, 6.45) is 0.897. The lowest BCUT2D eigenvalue weighted by atomic mass is 10.3. The molecular weight excluding hydrogens is 250 g/mol. The molecule has 0 bridgehead atoms. The van der Waals surface area contributed by atoms with E-state index in [9.17, 15) is 4.79 Å². The molecule has 1 heterocycles. The summed E-state index contributed by atoms with van der Waals surface area (Å²) in [6, 6.07) is 5.47. The minimum Gasteiger partial charge on any atom is -0.399 e. The molecule has 0 fully saturated rings. The molecule has 0 spiro atoms. The van der Waals surface area contributed by atoms with E-state index in [0.717, 1.165) is 16.6 Å². The normalized spacial score (nSPS) is 10.7. The zero-order valence-corrected chi connectivity index (χ0v) is 10.9. The molecular formula is C12H15N3O2S. The Morgan fingerprint density at radius 3 is 3.17 bits per heavy atom. The van der Waals surface area contributed by atoms with E-state index in [1.54, 1.807) is 6.07 Å². The van der Waals surface area contributed by atoms with E-state index < -0.39 is 0 Å². The third kappa shape index (κ3) is 3.18. The maximum absolute atomic E-state index is 11.5. The van der Waals surface area contributed by atoms with Crippen LogP contribution >= 0.6 is 11.3 Å². The average Bonchev–Trinajstić information content (AvgIpc) is 2.70. The minimum absolute atomic E-state index is 0.0614. The van der Waals surface area contributed by atoms with Gasteiger partial charge in [-0.15, -0.1) is 0 Å². The summed E-state index contributed by atoms with van der Waals surface area (Å²) in [5, 5.41) is 3.28. The van der Waals surface area contributed by atoms with Crippen molar-refractivity contribution in [3.63, 3.8) is 0 Å². The van der Waals surface area contributed by atoms with Gasteiger partial charge in [0.25, 0.3) is 5.91 Å². The molecule has 2 rings (SSSR count). The summed E-state index contributed by atoms with van der Waals surface area (Å²) in [6.45, 7) is 2.64. The fourth-order valence-corrected chi connectivity index (χ4v) is 2.39. The molecule has 18 heavy (non-hydrogen) atoms. The van der Waals surface area contributed by atoms with Crippen LogP contribution in [-0.4, -0.2) is 24.1 Å². The van der Waals surface area contributed by atoms with Gasteiger partial charge in [-0.05, 0) is 24.6 Å². The van der Waals surface area contributed by atoms with E-state index in [1.807, 2.05) is 19.1 Å². The highest BCUT2D eigenvalue weighted by atomic mass is 32.1. The smallest absolute Gasteiger partial charge is 0.252 e. The molecule has 1 aromatic heterocycles. The maximum atomic E-state index is 11.5. The van der Waals surface area contributed by atoms with Crippen LogP contribution in [0.15, 0.2) is 18.2 Å². The molecule has 0 atom stereocenters. The zero-order valence-electron chi connectivity index (χ0n) is 10.1. The van der Waals surface area contributed by atoms with E-state index in [0.29, 0.717) is 17.4 Å². The third-order valence-corrected chi connectivity index (χ3v) is 3.17. The lowest BCUT2D eigenvalue weighted by Crippen LogP contribution is -2.18. The van der Waals surface area contributed by atoms with Gasteiger partial charge in [0, 0.05) is 12.3 Å². The van der Waals surface area contributed by atoms with Crippen LogP contribution in [0.1, 0.15) is 13.3 Å². The van der Waals surface area contributed by atoms with E-state index in [1.165, 1.54) is 11.3 Å². The van der Waals surface area contributed by atoms with Crippen molar-refractivity contribution in [3.8, 4) is 0 Å². The van der Waals surface area contributed by atoms with E-state index in [2.05, 4.69) is 10.3 Å². The second-order valence-electron chi connectivity index (χ2n) is 3.85. The van der Waals surface area contributed by atoms with Gasteiger partial charge < -0.3 is 10.5 Å². The Morgan fingerprint density at radius 2 is 2.39 bits per heavy atom. The first kappa shape index (κ1) is 12.8. The second-order valence-corrected chi connectivity index (χ2v) is 4.88. The van der Waals surface area contributed by atoms with Gasteiger partial charge in [0.05, 0.1) is 10.2 Å². The van der Waals surface area contributed by atoms with Crippen molar-refractivity contribution in [2.45, 2.75) is 13.3 Å². The number of ether oxygens (including phenoxy) is 1. The molecule has 5 nitrogen and oxygen atoms in total. The first-order chi connectivity index (χ1) is 8.69. The lowest BCUT2D eigenvalue weighted by Gasteiger charge is -2.01. The summed E-state index contributed by atoms with van der Waals surface area (Å²) in [4.78, 5) is 15.8. The number of anilines is 2. The van der Waals surface area contributed by atoms with Crippen molar-refractivity contribution < 1.29 is 9.53 Å². The van der Waals surface area contributed by atoms with Crippen LogP contribution in [0.3, 0.4) is 0 Å². The topological polar surface area (TPSA) is 77.2 Å². The number of nitrogen functional groups attached to an aromatic ring is 1. The first-order valence-corrected chi connectivity index (χ1v) is 6.54. The van der Waals surface area contributed by atoms with Crippen LogP contribution in [0.2, 0.25) is 0 Å². The highest BCUT2D eigenvalue weighted by molar-refractivity contribution is 7.22. The number of hydrogen-bond donors (Lipinski definition) is 2. The van der Waals surface area contributed by atoms with Gasteiger partial charge in [0.1, 0.15) is 6.61 Å². The standard InChI is InChI=1S/C12H15N3O2S/c1-2-5-17-7-11(16)15-12-14-9-4-3-8(13)6-10(9)18-12/h3-4,6H,2,5,7,13H2,1H3,(H,14,15,16). The van der Waals surface area contributed by atoms with Crippen molar-refractivity contribution in [2.75, 3.05) is 24.3 Å². The molecule has 0 unspecified atom stereocenters. The van der Waals surface area contributed by atoms with E-state index >= 15 is 0 Å². The van der Waals surface area contributed by atoms with Crippen molar-refractivity contribution >= 4 is 38.3 Å². The number of carbonyl (C=O) groups excluding carboxylic acids is 1. The third-order valence-electron chi connectivity index (χ3n) is 2.24. The molecule has 96 valence electrons. The van der Waals surface area contributed by atoms with Gasteiger partial charge in [-0.3, -0.25) is 10.1 Å². The van der Waals surface area contributed by atoms with Crippen LogP contribution in [0.25, 0.3) is 10.2 Å². The number of aromatic nitrogens is 1. The van der Waals surface area contributed by atoms with Gasteiger partial charge >= 0.3 is 0 Å². The fraction of sp³-hybridized carbons (Fsp3) is 0.333. The monoisotopic (exact) mass is 265 g/mol. The molecule has 0 saturated heterocycles. The summed E-state index contributed by atoms with van der Waals surface area (Å²) >= 11 is 1.40. The summed E-state index contributed by atoms with van der Waals surface area (Å²) in [7, 11) is 0. The predicted molar refractivity (Wildman–Crippen MR) is 73.8 cm³/mol. The molecule has 0 radical (unpaired) electrons. The number of fused-ring (bicyclic) bond motifs is 1. The van der Waals surface area contributed by atoms with E-state index in [4.69, 9.17) is 10.5 Å². The van der Waals surface area contributed by atoms with Gasteiger partial charge in [0.15, 0.2) is 5.13 Å². The number of benzene rings is 1. The molecule has 1 amide bonds. The minimum atomic E-state index is -0.185. The van der Waals surface area contributed by atoms with Crippen molar-refractivity contribution in [2.24, 2.45) is 0 Å². The highest BCUT2D eigenvalue weighted by Crippen LogP contribution is 2.27. The second kappa shape index (κ2) is 5.79. The Morgan fingerprint density at radius 1 is 1.56 bits per heavy atom. The maximum Gasteiger partial charge on any atom is 0.252 e. The van der Waals surface area contributed by atoms with E-state index in [-0.39, 0.29) is 12.5 Å². The quantitative estimate of drug-likeness (QED) is 0.642. The number of nitrogens with one attached hydrogen (secondary N) is 1. The van der Waals surface area contributed by atoms with Gasteiger partial charge in [-0.1, -0.05) is 18.3 Å². The summed E-state index contributed by atoms with van der Waals surface area (Å²) in [5.74, 6) is -0.185. The van der Waals surface area contributed by atoms with Crippen LogP contribution in [0.5, 0.6) is 0 Å². The molecule has 0 aliphatic carbocycles. The first-order valence-electron chi connectivity index (χ1n) is 5.72. The lowest BCUT2D eigenvalue weighted by molar-refractivity contribution is -0.120. The largest absolute Gasteiger partial charge is 0.399 e. The van der Waals surface area contributed by atoms with Gasteiger partial charge in [0.2, 0.25) is 0 Å². The molecule has 0 aliphatic heterocycles. The number of thiazole rings is 1. The molecule has 0 saturated carbocycles. The Hall–Kier alpha value is -1.66. The molecule has 1 aromatic carbocycles. The van der Waals surface area contributed by atoms with Gasteiger partial charge in [-0.2, -0.15) is 0 Å². The number of carbonyl (C=O) groups is 1. The van der Waals surface area contributed by atoms with Crippen molar-refractivity contribution in [1.82, 2.24) is 4.98 Å². The Kier molecular flexibility index (Phi) is 4.11. The number of amides is 1. The average molecular weight is 265 g/mol. The number of rotatable bonds is 5. The summed E-state index contributed by atoms with van der Waals surface area (Å²) in [5.41, 5.74) is 7.21. The fourth-order valence-electron chi connectivity index (χ4n) is 1.46.